The topological polar surface area (TPSA) is 127 Å². The van der Waals surface area contributed by atoms with E-state index in [1.807, 2.05) is 6.92 Å². The van der Waals surface area contributed by atoms with Crippen LogP contribution < -0.4 is 5.32 Å². The lowest BCUT2D eigenvalue weighted by molar-refractivity contribution is -0.385. The molecule has 9 nitrogen and oxygen atoms in total. The van der Waals surface area contributed by atoms with Gasteiger partial charge in [-0.05, 0) is 5.92 Å². The van der Waals surface area contributed by atoms with Gasteiger partial charge in [-0.15, -0.1) is 0 Å². The Balaban J connectivity index is 2.65. The zero-order chi connectivity index (χ0) is 15.3. The zero-order valence-corrected chi connectivity index (χ0v) is 11.1. The molecule has 1 aromatic heterocycles. The Morgan fingerprint density at radius 3 is 2.70 bits per heavy atom. The summed E-state index contributed by atoms with van der Waals surface area (Å²) in [6, 6.07) is -0.988. The van der Waals surface area contributed by atoms with Gasteiger partial charge in [-0.2, -0.15) is 5.10 Å². The van der Waals surface area contributed by atoms with Gasteiger partial charge in [-0.25, -0.2) is 4.79 Å². The van der Waals surface area contributed by atoms with E-state index in [0.29, 0.717) is 6.42 Å². The van der Waals surface area contributed by atoms with E-state index in [1.54, 1.807) is 6.92 Å². The first-order chi connectivity index (χ1) is 9.35. The molecule has 1 unspecified atom stereocenters. The molecule has 0 aromatic carbocycles. The van der Waals surface area contributed by atoms with Crippen LogP contribution in [0, 0.1) is 16.0 Å². The van der Waals surface area contributed by atoms with Gasteiger partial charge in [-0.1, -0.05) is 20.3 Å². The van der Waals surface area contributed by atoms with Crippen LogP contribution in [-0.4, -0.2) is 37.7 Å². The molecule has 0 saturated heterocycles. The maximum atomic E-state index is 11.7. The lowest BCUT2D eigenvalue weighted by atomic mass is 9.99. The lowest BCUT2D eigenvalue weighted by Crippen LogP contribution is -2.46. The fraction of sp³-hybridized carbons (Fsp3) is 0.545. The highest BCUT2D eigenvalue weighted by Gasteiger charge is 2.25. The summed E-state index contributed by atoms with van der Waals surface area (Å²) in [5.74, 6) is -1.89. The number of aliphatic carboxylic acids is 1. The summed E-state index contributed by atoms with van der Waals surface area (Å²) in [5, 5.41) is 25.6. The molecular formula is C11H16N4O5. The van der Waals surface area contributed by atoms with Gasteiger partial charge < -0.3 is 10.4 Å². The summed E-state index contributed by atoms with van der Waals surface area (Å²) in [7, 11) is 0. The standard InChI is InChI=1S/C11H16N4O5/c1-3-7(2)10(11(17)18)13-9(16)6-14-5-8(4-12-14)15(19)20/h4-5,7,10H,3,6H2,1-2H3,(H,13,16)(H,17,18)/t7?,10-/m0/s1. The number of carboxylic acids is 1. The van der Waals surface area contributed by atoms with Crippen molar-refractivity contribution in [3.8, 4) is 0 Å². The molecule has 0 aliphatic carbocycles. The molecule has 0 fully saturated rings. The van der Waals surface area contributed by atoms with Crippen molar-refractivity contribution in [1.82, 2.24) is 15.1 Å². The van der Waals surface area contributed by atoms with Gasteiger partial charge in [0, 0.05) is 0 Å². The van der Waals surface area contributed by atoms with Crippen molar-refractivity contribution in [3.63, 3.8) is 0 Å². The van der Waals surface area contributed by atoms with Crippen molar-refractivity contribution in [3.05, 3.63) is 22.5 Å². The molecule has 2 atom stereocenters. The minimum absolute atomic E-state index is 0.219. The minimum Gasteiger partial charge on any atom is -0.480 e. The van der Waals surface area contributed by atoms with Crippen LogP contribution in [0.3, 0.4) is 0 Å². The number of amides is 1. The van der Waals surface area contributed by atoms with Gasteiger partial charge in [0.1, 0.15) is 25.0 Å². The zero-order valence-electron chi connectivity index (χ0n) is 11.1. The van der Waals surface area contributed by atoms with Crippen LogP contribution >= 0.6 is 0 Å². The van der Waals surface area contributed by atoms with Crippen LogP contribution in [0.2, 0.25) is 0 Å². The normalized spacial score (nSPS) is 13.5. The summed E-state index contributed by atoms with van der Waals surface area (Å²) in [6.07, 6.45) is 2.74. The Labute approximate surface area is 114 Å². The molecule has 0 spiro atoms. The summed E-state index contributed by atoms with van der Waals surface area (Å²) in [4.78, 5) is 32.6. The number of carbonyl (C=O) groups excluding carboxylic acids is 1. The molecule has 2 N–H and O–H groups in total. The van der Waals surface area contributed by atoms with E-state index in [0.717, 1.165) is 17.1 Å². The van der Waals surface area contributed by atoms with Crippen LogP contribution in [0.5, 0.6) is 0 Å². The largest absolute Gasteiger partial charge is 0.480 e. The molecule has 1 heterocycles. The highest BCUT2D eigenvalue weighted by atomic mass is 16.6. The first-order valence-corrected chi connectivity index (χ1v) is 6.04. The lowest BCUT2D eigenvalue weighted by Gasteiger charge is -2.19. The second kappa shape index (κ2) is 6.64. The number of nitrogens with one attached hydrogen (secondary N) is 1. The quantitative estimate of drug-likeness (QED) is 0.551. The molecule has 20 heavy (non-hydrogen) atoms. The fourth-order valence-electron chi connectivity index (χ4n) is 1.58. The SMILES string of the molecule is CCC(C)[C@H](NC(=O)Cn1cc([N+](=O)[O-])cn1)C(=O)O. The molecule has 110 valence electrons. The summed E-state index contributed by atoms with van der Waals surface area (Å²) in [6.45, 7) is 3.27. The third kappa shape index (κ3) is 4.04. The van der Waals surface area contributed by atoms with E-state index in [2.05, 4.69) is 10.4 Å². The summed E-state index contributed by atoms with van der Waals surface area (Å²) >= 11 is 0. The van der Waals surface area contributed by atoms with Gasteiger partial charge in [0.25, 0.3) is 0 Å². The average molecular weight is 284 g/mol. The van der Waals surface area contributed by atoms with Crippen molar-refractivity contribution in [2.24, 2.45) is 5.92 Å². The van der Waals surface area contributed by atoms with E-state index < -0.39 is 22.8 Å². The number of hydrogen-bond acceptors (Lipinski definition) is 5. The van der Waals surface area contributed by atoms with Crippen molar-refractivity contribution >= 4 is 17.6 Å². The van der Waals surface area contributed by atoms with Crippen LogP contribution in [0.4, 0.5) is 5.69 Å². The molecule has 0 aliphatic heterocycles. The summed E-state index contributed by atoms with van der Waals surface area (Å²) < 4.78 is 1.09. The molecule has 9 heteroatoms. The number of carbonyl (C=O) groups is 2. The molecule has 1 aromatic rings. The van der Waals surface area contributed by atoms with Gasteiger partial charge in [0.15, 0.2) is 0 Å². The second-order valence-electron chi connectivity index (χ2n) is 4.42. The fourth-order valence-corrected chi connectivity index (χ4v) is 1.58. The number of hydrogen-bond donors (Lipinski definition) is 2. The van der Waals surface area contributed by atoms with Crippen molar-refractivity contribution in [2.45, 2.75) is 32.9 Å². The molecule has 0 bridgehead atoms. The number of nitro groups is 1. The Kier molecular flexibility index (Phi) is 5.18. The number of nitrogens with zero attached hydrogens (tertiary/aromatic N) is 3. The Hall–Kier alpha value is -2.45. The van der Waals surface area contributed by atoms with Crippen LogP contribution in [0.1, 0.15) is 20.3 Å². The van der Waals surface area contributed by atoms with Gasteiger partial charge in [-0.3, -0.25) is 19.6 Å². The maximum absolute atomic E-state index is 11.7. The molecular weight excluding hydrogens is 268 g/mol. The first kappa shape index (κ1) is 15.6. The van der Waals surface area contributed by atoms with Gasteiger partial charge in [0.05, 0.1) is 4.92 Å². The van der Waals surface area contributed by atoms with Crippen molar-refractivity contribution in [1.29, 1.82) is 0 Å². The molecule has 0 radical (unpaired) electrons. The highest BCUT2D eigenvalue weighted by Crippen LogP contribution is 2.09. The van der Waals surface area contributed by atoms with E-state index in [4.69, 9.17) is 5.11 Å². The van der Waals surface area contributed by atoms with Gasteiger partial charge in [0.2, 0.25) is 5.91 Å². The minimum atomic E-state index is -1.11. The maximum Gasteiger partial charge on any atom is 0.326 e. The number of aromatic nitrogens is 2. The van der Waals surface area contributed by atoms with Crippen LogP contribution in [-0.2, 0) is 16.1 Å². The molecule has 0 saturated carbocycles. The predicted molar refractivity (Wildman–Crippen MR) is 67.9 cm³/mol. The number of carboxylic acid groups (broad SMARTS) is 1. The Morgan fingerprint density at radius 1 is 1.60 bits per heavy atom. The Bertz CT molecular complexity index is 513. The number of rotatable bonds is 7. The van der Waals surface area contributed by atoms with Crippen LogP contribution in [0.15, 0.2) is 12.4 Å². The molecule has 0 aliphatic rings. The monoisotopic (exact) mass is 284 g/mol. The highest BCUT2D eigenvalue weighted by molar-refractivity contribution is 5.83. The smallest absolute Gasteiger partial charge is 0.326 e. The molecule has 1 amide bonds. The van der Waals surface area contributed by atoms with Crippen molar-refractivity contribution in [2.75, 3.05) is 0 Å². The van der Waals surface area contributed by atoms with E-state index in [-0.39, 0.29) is 18.2 Å². The second-order valence-corrected chi connectivity index (χ2v) is 4.42. The predicted octanol–water partition coefficient (Wildman–Crippen LogP) is 0.407. The van der Waals surface area contributed by atoms with Crippen molar-refractivity contribution < 1.29 is 19.6 Å². The van der Waals surface area contributed by atoms with E-state index in [9.17, 15) is 19.7 Å². The average Bonchev–Trinajstić information content (AvgIpc) is 2.83. The third-order valence-electron chi connectivity index (χ3n) is 2.93. The summed E-state index contributed by atoms with van der Waals surface area (Å²) in [5.41, 5.74) is -0.227. The van der Waals surface area contributed by atoms with Crippen LogP contribution in [0.25, 0.3) is 0 Å². The Morgan fingerprint density at radius 2 is 2.25 bits per heavy atom. The van der Waals surface area contributed by atoms with E-state index >= 15 is 0 Å². The first-order valence-electron chi connectivity index (χ1n) is 6.04. The third-order valence-corrected chi connectivity index (χ3v) is 2.93. The van der Waals surface area contributed by atoms with Gasteiger partial charge >= 0.3 is 11.7 Å². The van der Waals surface area contributed by atoms with E-state index in [1.165, 1.54) is 0 Å². The molecule has 1 rings (SSSR count).